The van der Waals surface area contributed by atoms with Crippen LogP contribution >= 0.6 is 0 Å². The Balaban J connectivity index is 2.72. The minimum Gasteiger partial charge on any atom is -0.313 e. The predicted octanol–water partition coefficient (Wildman–Crippen LogP) is 4.70. The zero-order valence-electron chi connectivity index (χ0n) is 12.8. The van der Waals surface area contributed by atoms with Crippen molar-refractivity contribution in [2.75, 3.05) is 7.05 Å². The van der Waals surface area contributed by atoms with Gasteiger partial charge in [-0.15, -0.1) is 0 Å². The van der Waals surface area contributed by atoms with E-state index in [9.17, 15) is 4.39 Å². The van der Waals surface area contributed by atoms with Gasteiger partial charge in [0.1, 0.15) is 5.82 Å². The van der Waals surface area contributed by atoms with Crippen LogP contribution in [0.25, 0.3) is 11.1 Å². The van der Waals surface area contributed by atoms with Crippen LogP contribution in [0.15, 0.2) is 30.3 Å². The molecule has 1 nitrogen and oxygen atoms in total. The number of nitrogens with one attached hydrogen (secondary N) is 1. The molecule has 0 bridgehead atoms. The largest absolute Gasteiger partial charge is 0.313 e. The van der Waals surface area contributed by atoms with Crippen LogP contribution in [-0.2, 0) is 0 Å². The van der Waals surface area contributed by atoms with Crippen LogP contribution in [0.1, 0.15) is 35.2 Å². The number of hydrogen-bond acceptors (Lipinski definition) is 1. The standard InChI is InChI=1S/C18H22FN/c1-11-8-12(2)18(13(3)9-11)17-10-15(19)6-7-16(17)14(4)20-5/h6-10,14,20H,1-5H3. The molecule has 1 N–H and O–H groups in total. The van der Waals surface area contributed by atoms with Crippen LogP contribution in [0.2, 0.25) is 0 Å². The summed E-state index contributed by atoms with van der Waals surface area (Å²) < 4.78 is 13.7. The summed E-state index contributed by atoms with van der Waals surface area (Å²) in [6.45, 7) is 8.37. The zero-order valence-corrected chi connectivity index (χ0v) is 12.8. The van der Waals surface area contributed by atoms with Crippen LogP contribution in [0.4, 0.5) is 4.39 Å². The second kappa shape index (κ2) is 5.76. The van der Waals surface area contributed by atoms with Crippen LogP contribution < -0.4 is 5.32 Å². The van der Waals surface area contributed by atoms with E-state index in [4.69, 9.17) is 0 Å². The number of aryl methyl sites for hydroxylation is 3. The molecule has 0 aromatic heterocycles. The monoisotopic (exact) mass is 271 g/mol. The average Bonchev–Trinajstić information content (AvgIpc) is 2.37. The molecular formula is C18H22FN. The van der Waals surface area contributed by atoms with Crippen LogP contribution in [0.5, 0.6) is 0 Å². The molecule has 0 saturated heterocycles. The topological polar surface area (TPSA) is 12.0 Å². The van der Waals surface area contributed by atoms with Gasteiger partial charge in [-0.3, -0.25) is 0 Å². The van der Waals surface area contributed by atoms with Gasteiger partial charge < -0.3 is 5.32 Å². The van der Waals surface area contributed by atoms with E-state index in [0.717, 1.165) is 16.7 Å². The van der Waals surface area contributed by atoms with E-state index in [1.54, 1.807) is 6.07 Å². The molecule has 0 radical (unpaired) electrons. The molecule has 0 fully saturated rings. The third kappa shape index (κ3) is 2.75. The molecule has 0 aliphatic heterocycles. The van der Waals surface area contributed by atoms with Gasteiger partial charge in [0.2, 0.25) is 0 Å². The van der Waals surface area contributed by atoms with Gasteiger partial charge in [0.05, 0.1) is 0 Å². The van der Waals surface area contributed by atoms with Gasteiger partial charge in [0, 0.05) is 6.04 Å². The van der Waals surface area contributed by atoms with Crippen molar-refractivity contribution >= 4 is 0 Å². The number of rotatable bonds is 3. The first kappa shape index (κ1) is 14.7. The maximum atomic E-state index is 13.7. The third-order valence-corrected chi connectivity index (χ3v) is 3.86. The van der Waals surface area contributed by atoms with Crippen LogP contribution in [0, 0.1) is 26.6 Å². The highest BCUT2D eigenvalue weighted by Gasteiger charge is 2.15. The quantitative estimate of drug-likeness (QED) is 0.853. The van der Waals surface area contributed by atoms with Gasteiger partial charge in [-0.05, 0) is 74.7 Å². The summed E-state index contributed by atoms with van der Waals surface area (Å²) in [5.41, 5.74) is 6.89. The molecule has 0 aliphatic carbocycles. The first-order valence-corrected chi connectivity index (χ1v) is 6.99. The lowest BCUT2D eigenvalue weighted by molar-refractivity contribution is 0.620. The summed E-state index contributed by atoms with van der Waals surface area (Å²) in [6.07, 6.45) is 0. The molecule has 2 aromatic rings. The number of benzene rings is 2. The Kier molecular flexibility index (Phi) is 4.24. The molecule has 2 aromatic carbocycles. The first-order valence-electron chi connectivity index (χ1n) is 6.99. The number of hydrogen-bond donors (Lipinski definition) is 1. The van der Waals surface area contributed by atoms with Gasteiger partial charge in [-0.2, -0.15) is 0 Å². The molecule has 0 saturated carbocycles. The number of halogens is 1. The Morgan fingerprint density at radius 1 is 1.00 bits per heavy atom. The Bertz CT molecular complexity index is 608. The summed E-state index contributed by atoms with van der Waals surface area (Å²) in [6, 6.07) is 9.55. The summed E-state index contributed by atoms with van der Waals surface area (Å²) >= 11 is 0. The van der Waals surface area contributed by atoms with Crippen molar-refractivity contribution in [3.8, 4) is 11.1 Å². The Morgan fingerprint density at radius 2 is 1.60 bits per heavy atom. The summed E-state index contributed by atoms with van der Waals surface area (Å²) in [4.78, 5) is 0. The Labute approximate surface area is 120 Å². The van der Waals surface area contributed by atoms with E-state index in [1.807, 2.05) is 13.1 Å². The van der Waals surface area contributed by atoms with Gasteiger partial charge in [0.15, 0.2) is 0 Å². The van der Waals surface area contributed by atoms with Crippen molar-refractivity contribution < 1.29 is 4.39 Å². The van der Waals surface area contributed by atoms with Crippen LogP contribution in [0.3, 0.4) is 0 Å². The molecule has 0 amide bonds. The van der Waals surface area contributed by atoms with E-state index >= 15 is 0 Å². The van der Waals surface area contributed by atoms with E-state index in [-0.39, 0.29) is 11.9 Å². The van der Waals surface area contributed by atoms with Gasteiger partial charge in [-0.25, -0.2) is 4.39 Å². The molecule has 2 heteroatoms. The maximum Gasteiger partial charge on any atom is 0.123 e. The predicted molar refractivity (Wildman–Crippen MR) is 83.5 cm³/mol. The van der Waals surface area contributed by atoms with Crippen LogP contribution in [-0.4, -0.2) is 7.05 Å². The molecular weight excluding hydrogens is 249 g/mol. The molecule has 1 atom stereocenters. The second-order valence-electron chi connectivity index (χ2n) is 5.52. The fourth-order valence-corrected chi connectivity index (χ4v) is 2.88. The summed E-state index contributed by atoms with van der Waals surface area (Å²) in [5.74, 6) is -0.188. The lowest BCUT2D eigenvalue weighted by Crippen LogP contribution is -2.13. The van der Waals surface area contributed by atoms with E-state index in [1.165, 1.54) is 22.8 Å². The van der Waals surface area contributed by atoms with Crippen molar-refractivity contribution in [1.82, 2.24) is 5.32 Å². The molecule has 2 rings (SSSR count). The Hall–Kier alpha value is -1.67. The molecule has 1 unspecified atom stereocenters. The molecule has 0 spiro atoms. The minimum absolute atomic E-state index is 0.186. The maximum absolute atomic E-state index is 13.7. The highest BCUT2D eigenvalue weighted by Crippen LogP contribution is 2.34. The normalized spacial score (nSPS) is 12.5. The average molecular weight is 271 g/mol. The molecule has 106 valence electrons. The van der Waals surface area contributed by atoms with Crippen molar-refractivity contribution in [3.63, 3.8) is 0 Å². The van der Waals surface area contributed by atoms with E-state index in [0.29, 0.717) is 0 Å². The van der Waals surface area contributed by atoms with Gasteiger partial charge >= 0.3 is 0 Å². The first-order chi connectivity index (χ1) is 9.43. The molecule has 20 heavy (non-hydrogen) atoms. The fraction of sp³-hybridized carbons (Fsp3) is 0.333. The van der Waals surface area contributed by atoms with Crippen molar-refractivity contribution in [2.24, 2.45) is 0 Å². The van der Waals surface area contributed by atoms with E-state index in [2.05, 4.69) is 45.1 Å². The zero-order chi connectivity index (χ0) is 14.9. The minimum atomic E-state index is -0.188. The highest BCUT2D eigenvalue weighted by molar-refractivity contribution is 5.74. The lowest BCUT2D eigenvalue weighted by Gasteiger charge is -2.19. The molecule has 0 heterocycles. The smallest absolute Gasteiger partial charge is 0.123 e. The highest BCUT2D eigenvalue weighted by atomic mass is 19.1. The Morgan fingerprint density at radius 3 is 2.15 bits per heavy atom. The fourth-order valence-electron chi connectivity index (χ4n) is 2.88. The summed E-state index contributed by atoms with van der Waals surface area (Å²) in [7, 11) is 1.92. The van der Waals surface area contributed by atoms with Gasteiger partial charge in [0.25, 0.3) is 0 Å². The van der Waals surface area contributed by atoms with Gasteiger partial charge in [-0.1, -0.05) is 23.8 Å². The van der Waals surface area contributed by atoms with Crippen molar-refractivity contribution in [3.05, 3.63) is 58.4 Å². The van der Waals surface area contributed by atoms with Crippen molar-refractivity contribution in [2.45, 2.75) is 33.7 Å². The second-order valence-corrected chi connectivity index (χ2v) is 5.52. The molecule has 0 aliphatic rings. The SMILES string of the molecule is CNC(C)c1ccc(F)cc1-c1c(C)cc(C)cc1C. The lowest BCUT2D eigenvalue weighted by atomic mass is 9.89. The third-order valence-electron chi connectivity index (χ3n) is 3.86. The summed E-state index contributed by atoms with van der Waals surface area (Å²) in [5, 5.41) is 3.24. The van der Waals surface area contributed by atoms with Crippen molar-refractivity contribution in [1.29, 1.82) is 0 Å². The van der Waals surface area contributed by atoms with E-state index < -0.39 is 0 Å².